The molecule has 0 fully saturated rings. The van der Waals surface area contributed by atoms with Crippen LogP contribution in [0.15, 0.2) is 29.1 Å². The van der Waals surface area contributed by atoms with Crippen LogP contribution in [-0.4, -0.2) is 11.5 Å². The van der Waals surface area contributed by atoms with Gasteiger partial charge >= 0.3 is 0 Å². The second kappa shape index (κ2) is 5.94. The number of hydrogen-bond donors (Lipinski definition) is 1. The molecule has 3 heteroatoms. The van der Waals surface area contributed by atoms with E-state index in [-0.39, 0.29) is 0 Å². The molecule has 0 saturated heterocycles. The minimum Gasteiger partial charge on any atom is -0.312 e. The molecule has 1 heterocycles. The number of aromatic nitrogens is 1. The monoisotopic (exact) mass is 246 g/mol. The van der Waals surface area contributed by atoms with Gasteiger partial charge in [0.25, 0.3) is 0 Å². The van der Waals surface area contributed by atoms with Crippen LogP contribution in [-0.2, 0) is 13.0 Å². The molecule has 17 heavy (non-hydrogen) atoms. The summed E-state index contributed by atoms with van der Waals surface area (Å²) in [6, 6.07) is 6.60. The third-order valence-electron chi connectivity index (χ3n) is 2.86. The number of rotatable bonds is 5. The maximum absolute atomic E-state index is 4.27. The molecule has 0 unspecified atom stereocenters. The Hall–Kier alpha value is -1.19. The van der Waals surface area contributed by atoms with Crippen molar-refractivity contribution in [1.82, 2.24) is 10.3 Å². The molecule has 2 aromatic rings. The second-order valence-corrected chi connectivity index (χ2v) is 5.06. The summed E-state index contributed by atoms with van der Waals surface area (Å²) >= 11 is 1.66. The van der Waals surface area contributed by atoms with E-state index in [9.17, 15) is 0 Å². The molecule has 0 aliphatic carbocycles. The van der Waals surface area contributed by atoms with Gasteiger partial charge in [-0.3, -0.25) is 0 Å². The lowest BCUT2D eigenvalue weighted by molar-refractivity contribution is 0.679. The van der Waals surface area contributed by atoms with E-state index in [0.717, 1.165) is 19.5 Å². The van der Waals surface area contributed by atoms with Gasteiger partial charge in [-0.2, -0.15) is 0 Å². The van der Waals surface area contributed by atoms with Gasteiger partial charge in [0.15, 0.2) is 0 Å². The first kappa shape index (κ1) is 12.3. The van der Waals surface area contributed by atoms with Crippen LogP contribution in [0.5, 0.6) is 0 Å². The predicted molar refractivity (Wildman–Crippen MR) is 73.4 cm³/mol. The fourth-order valence-electron chi connectivity index (χ4n) is 1.79. The minimum absolute atomic E-state index is 0.942. The molecular weight excluding hydrogens is 228 g/mol. The van der Waals surface area contributed by atoms with Crippen LogP contribution in [0.3, 0.4) is 0 Å². The van der Waals surface area contributed by atoms with E-state index < -0.39 is 0 Å². The first-order valence-corrected chi connectivity index (χ1v) is 6.84. The largest absolute Gasteiger partial charge is 0.312 e. The first-order valence-electron chi connectivity index (χ1n) is 5.89. The van der Waals surface area contributed by atoms with Gasteiger partial charge in [0.2, 0.25) is 0 Å². The zero-order chi connectivity index (χ0) is 12.1. The molecule has 1 aromatic carbocycles. The SMILES string of the molecule is Cc1ccc(C)c(CNCCc2cscn2)c1. The van der Waals surface area contributed by atoms with Gasteiger partial charge in [-0.05, 0) is 25.0 Å². The molecule has 0 spiro atoms. The normalized spacial score (nSPS) is 10.7. The Morgan fingerprint density at radius 2 is 2.18 bits per heavy atom. The lowest BCUT2D eigenvalue weighted by atomic mass is 10.1. The zero-order valence-electron chi connectivity index (χ0n) is 10.4. The Labute approximate surface area is 107 Å². The summed E-state index contributed by atoms with van der Waals surface area (Å²) in [5.41, 5.74) is 7.15. The van der Waals surface area contributed by atoms with Crippen molar-refractivity contribution in [1.29, 1.82) is 0 Å². The van der Waals surface area contributed by atoms with Crippen molar-refractivity contribution in [3.8, 4) is 0 Å². The maximum atomic E-state index is 4.27. The van der Waals surface area contributed by atoms with Crippen molar-refractivity contribution in [2.24, 2.45) is 0 Å². The van der Waals surface area contributed by atoms with Crippen LogP contribution in [0.1, 0.15) is 22.4 Å². The van der Waals surface area contributed by atoms with Gasteiger partial charge in [0.05, 0.1) is 11.2 Å². The van der Waals surface area contributed by atoms with Crippen LogP contribution in [0, 0.1) is 13.8 Å². The van der Waals surface area contributed by atoms with Gasteiger partial charge in [-0.1, -0.05) is 23.8 Å². The lowest BCUT2D eigenvalue weighted by Gasteiger charge is -2.08. The Balaban J connectivity index is 1.80. The Kier molecular flexibility index (Phi) is 4.29. The van der Waals surface area contributed by atoms with Crippen molar-refractivity contribution in [3.05, 3.63) is 51.5 Å². The molecule has 1 aromatic heterocycles. The molecule has 0 aliphatic rings. The fraction of sp³-hybridized carbons (Fsp3) is 0.357. The topological polar surface area (TPSA) is 24.9 Å². The quantitative estimate of drug-likeness (QED) is 0.820. The minimum atomic E-state index is 0.942. The number of benzene rings is 1. The highest BCUT2D eigenvalue weighted by atomic mass is 32.1. The van der Waals surface area contributed by atoms with E-state index in [4.69, 9.17) is 0 Å². The number of thiazole rings is 1. The third kappa shape index (κ3) is 3.65. The van der Waals surface area contributed by atoms with E-state index in [1.807, 2.05) is 5.51 Å². The molecule has 0 amide bonds. The molecular formula is C14H18N2S. The number of aryl methyl sites for hydroxylation is 2. The van der Waals surface area contributed by atoms with Gasteiger partial charge < -0.3 is 5.32 Å². The van der Waals surface area contributed by atoms with Crippen LogP contribution in [0.2, 0.25) is 0 Å². The Bertz CT molecular complexity index is 463. The summed E-state index contributed by atoms with van der Waals surface area (Å²) in [5, 5.41) is 5.58. The highest BCUT2D eigenvalue weighted by molar-refractivity contribution is 7.07. The highest BCUT2D eigenvalue weighted by Gasteiger charge is 1.99. The van der Waals surface area contributed by atoms with Crippen LogP contribution < -0.4 is 5.32 Å². The standard InChI is InChI=1S/C14H18N2S/c1-11-3-4-12(2)13(7-11)8-15-6-5-14-9-17-10-16-14/h3-4,7,9-10,15H,5-6,8H2,1-2H3. The average Bonchev–Trinajstić information content (AvgIpc) is 2.82. The van der Waals surface area contributed by atoms with E-state index in [1.54, 1.807) is 11.3 Å². The van der Waals surface area contributed by atoms with Gasteiger partial charge in [-0.15, -0.1) is 11.3 Å². The molecule has 1 N–H and O–H groups in total. The number of nitrogens with zero attached hydrogens (tertiary/aromatic N) is 1. The summed E-state index contributed by atoms with van der Waals surface area (Å²) in [6.45, 7) is 6.23. The van der Waals surface area contributed by atoms with Gasteiger partial charge in [0.1, 0.15) is 0 Å². The van der Waals surface area contributed by atoms with Crippen molar-refractivity contribution in [3.63, 3.8) is 0 Å². The molecule has 0 aliphatic heterocycles. The molecule has 0 radical (unpaired) electrons. The summed E-state index contributed by atoms with van der Waals surface area (Å²) in [4.78, 5) is 4.27. The molecule has 0 bridgehead atoms. The maximum Gasteiger partial charge on any atom is 0.0794 e. The van der Waals surface area contributed by atoms with E-state index >= 15 is 0 Å². The Morgan fingerprint density at radius 3 is 2.94 bits per heavy atom. The fourth-order valence-corrected chi connectivity index (χ4v) is 2.38. The molecule has 0 saturated carbocycles. The van der Waals surface area contributed by atoms with Crippen molar-refractivity contribution < 1.29 is 0 Å². The van der Waals surface area contributed by atoms with Crippen LogP contribution >= 0.6 is 11.3 Å². The van der Waals surface area contributed by atoms with Crippen LogP contribution in [0.4, 0.5) is 0 Å². The summed E-state index contributed by atoms with van der Waals surface area (Å²) in [6.07, 6.45) is 1.01. The summed E-state index contributed by atoms with van der Waals surface area (Å²) in [7, 11) is 0. The number of hydrogen-bond acceptors (Lipinski definition) is 3. The third-order valence-corrected chi connectivity index (χ3v) is 3.50. The molecule has 90 valence electrons. The van der Waals surface area contributed by atoms with E-state index in [2.05, 4.69) is 47.7 Å². The van der Waals surface area contributed by atoms with Crippen molar-refractivity contribution >= 4 is 11.3 Å². The van der Waals surface area contributed by atoms with Gasteiger partial charge in [-0.25, -0.2) is 4.98 Å². The van der Waals surface area contributed by atoms with Crippen molar-refractivity contribution in [2.45, 2.75) is 26.8 Å². The molecule has 2 nitrogen and oxygen atoms in total. The average molecular weight is 246 g/mol. The second-order valence-electron chi connectivity index (χ2n) is 4.34. The zero-order valence-corrected chi connectivity index (χ0v) is 11.2. The first-order chi connectivity index (χ1) is 8.25. The van der Waals surface area contributed by atoms with Crippen LogP contribution in [0.25, 0.3) is 0 Å². The highest BCUT2D eigenvalue weighted by Crippen LogP contribution is 2.10. The molecule has 0 atom stereocenters. The summed E-state index contributed by atoms with van der Waals surface area (Å²) in [5.74, 6) is 0. The smallest absolute Gasteiger partial charge is 0.0794 e. The number of nitrogens with one attached hydrogen (secondary N) is 1. The Morgan fingerprint density at radius 1 is 1.29 bits per heavy atom. The van der Waals surface area contributed by atoms with Crippen molar-refractivity contribution in [2.75, 3.05) is 6.54 Å². The van der Waals surface area contributed by atoms with E-state index in [1.165, 1.54) is 22.4 Å². The van der Waals surface area contributed by atoms with E-state index in [0.29, 0.717) is 0 Å². The predicted octanol–water partition coefficient (Wildman–Crippen LogP) is 3.09. The summed E-state index contributed by atoms with van der Waals surface area (Å²) < 4.78 is 0. The molecule has 2 rings (SSSR count). The lowest BCUT2D eigenvalue weighted by Crippen LogP contribution is -2.17. The van der Waals surface area contributed by atoms with Gasteiger partial charge in [0, 0.05) is 24.9 Å².